The van der Waals surface area contributed by atoms with Gasteiger partial charge in [0.2, 0.25) is 0 Å². The minimum absolute atomic E-state index is 0.822. The molecule has 27 heavy (non-hydrogen) atoms. The lowest BCUT2D eigenvalue weighted by Gasteiger charge is -2.08. The van der Waals surface area contributed by atoms with Gasteiger partial charge in [-0.25, -0.2) is 9.97 Å². The Hall–Kier alpha value is -2.78. The van der Waals surface area contributed by atoms with Crippen molar-refractivity contribution in [3.63, 3.8) is 0 Å². The van der Waals surface area contributed by atoms with Crippen LogP contribution < -0.4 is 0 Å². The molecule has 2 aromatic heterocycles. The number of nitrogens with zero attached hydrogens (tertiary/aromatic N) is 2. The van der Waals surface area contributed by atoms with Crippen LogP contribution in [0.25, 0.3) is 37.1 Å². The lowest BCUT2D eigenvalue weighted by atomic mass is 9.99. The van der Waals surface area contributed by atoms with Crippen molar-refractivity contribution in [2.24, 2.45) is 0 Å². The third-order valence-electron chi connectivity index (χ3n) is 5.06. The van der Waals surface area contributed by atoms with Crippen LogP contribution >= 0.6 is 11.3 Å². The maximum Gasteiger partial charge on any atom is 0.128 e. The molecule has 4 aromatic rings. The van der Waals surface area contributed by atoms with Gasteiger partial charge in [-0.05, 0) is 49.5 Å². The fraction of sp³-hybridized carbons (Fsp3) is 0.167. The molecule has 0 radical (unpaired) electrons. The standard InChI is InChI=1S/C24H20N2S/c1-16-25-23(22-20-13-6-7-14-21(20)27-24(22)26-16)19-12-8-11-18(15-19)17-9-4-2-3-5-10-17/h4,6-15H,2-3,5H2,1H3. The Morgan fingerprint density at radius 1 is 0.926 bits per heavy atom. The van der Waals surface area contributed by atoms with Crippen molar-refractivity contribution in [1.29, 1.82) is 0 Å². The molecule has 2 heterocycles. The molecule has 0 saturated carbocycles. The van der Waals surface area contributed by atoms with E-state index in [0.717, 1.165) is 34.8 Å². The Kier molecular flexibility index (Phi) is 4.10. The van der Waals surface area contributed by atoms with Crippen LogP contribution in [0.1, 0.15) is 30.7 Å². The minimum atomic E-state index is 0.822. The normalized spacial score (nSPS) is 14.5. The van der Waals surface area contributed by atoms with E-state index in [9.17, 15) is 0 Å². The third-order valence-corrected chi connectivity index (χ3v) is 6.12. The number of allylic oxidation sites excluding steroid dienone is 4. The van der Waals surface area contributed by atoms with Crippen molar-refractivity contribution in [2.45, 2.75) is 26.2 Å². The van der Waals surface area contributed by atoms with Gasteiger partial charge >= 0.3 is 0 Å². The average molecular weight is 369 g/mol. The fourth-order valence-electron chi connectivity index (χ4n) is 3.77. The minimum Gasteiger partial charge on any atom is -0.232 e. The van der Waals surface area contributed by atoms with E-state index in [1.165, 1.54) is 33.0 Å². The number of aromatic nitrogens is 2. The number of hydrogen-bond acceptors (Lipinski definition) is 3. The van der Waals surface area contributed by atoms with Crippen molar-refractivity contribution < 1.29 is 0 Å². The first-order chi connectivity index (χ1) is 13.3. The van der Waals surface area contributed by atoms with E-state index < -0.39 is 0 Å². The molecule has 0 spiro atoms. The van der Waals surface area contributed by atoms with Crippen LogP contribution in [0, 0.1) is 6.92 Å². The van der Waals surface area contributed by atoms with Gasteiger partial charge in [0.25, 0.3) is 0 Å². The predicted molar refractivity (Wildman–Crippen MR) is 116 cm³/mol. The zero-order chi connectivity index (χ0) is 18.2. The Balaban J connectivity index is 1.74. The Morgan fingerprint density at radius 3 is 2.78 bits per heavy atom. The molecular weight excluding hydrogens is 348 g/mol. The van der Waals surface area contributed by atoms with Crippen LogP contribution in [0.4, 0.5) is 0 Å². The van der Waals surface area contributed by atoms with E-state index >= 15 is 0 Å². The topological polar surface area (TPSA) is 25.8 Å². The predicted octanol–water partition coefficient (Wildman–Crippen LogP) is 6.94. The van der Waals surface area contributed by atoms with Gasteiger partial charge in [0, 0.05) is 21.0 Å². The van der Waals surface area contributed by atoms with Crippen molar-refractivity contribution >= 4 is 37.2 Å². The quantitative estimate of drug-likeness (QED) is 0.383. The number of fused-ring (bicyclic) bond motifs is 3. The molecule has 3 heteroatoms. The first-order valence-corrected chi connectivity index (χ1v) is 10.2. The fourth-order valence-corrected chi connectivity index (χ4v) is 4.89. The van der Waals surface area contributed by atoms with Crippen LogP contribution in [0.15, 0.2) is 66.8 Å². The summed E-state index contributed by atoms with van der Waals surface area (Å²) >= 11 is 1.75. The Morgan fingerprint density at radius 2 is 1.81 bits per heavy atom. The SMILES string of the molecule is Cc1nc(-c2cccc(C3=CCCCC=C3)c2)c2c(n1)sc1ccccc12. The van der Waals surface area contributed by atoms with Gasteiger partial charge in [0.05, 0.1) is 5.69 Å². The van der Waals surface area contributed by atoms with E-state index in [4.69, 9.17) is 9.97 Å². The lowest BCUT2D eigenvalue weighted by Crippen LogP contribution is -1.93. The second-order valence-electron chi connectivity index (χ2n) is 6.97. The maximum absolute atomic E-state index is 4.86. The number of aryl methyl sites for hydroxylation is 1. The summed E-state index contributed by atoms with van der Waals surface area (Å²) < 4.78 is 1.26. The van der Waals surface area contributed by atoms with Crippen LogP contribution in [0.5, 0.6) is 0 Å². The molecule has 0 saturated heterocycles. The van der Waals surface area contributed by atoms with E-state index in [0.29, 0.717) is 0 Å². The highest BCUT2D eigenvalue weighted by Crippen LogP contribution is 2.38. The molecule has 0 amide bonds. The summed E-state index contributed by atoms with van der Waals surface area (Å²) in [5, 5.41) is 2.41. The number of thiophene rings is 1. The van der Waals surface area contributed by atoms with Crippen molar-refractivity contribution in [3.8, 4) is 11.3 Å². The molecule has 0 aliphatic heterocycles. The summed E-state index contributed by atoms with van der Waals surface area (Å²) in [6.07, 6.45) is 10.4. The van der Waals surface area contributed by atoms with Gasteiger partial charge in [-0.1, -0.05) is 54.6 Å². The van der Waals surface area contributed by atoms with Crippen LogP contribution in [0.2, 0.25) is 0 Å². The van der Waals surface area contributed by atoms with E-state index in [-0.39, 0.29) is 0 Å². The molecule has 0 N–H and O–H groups in total. The summed E-state index contributed by atoms with van der Waals surface area (Å²) in [6, 6.07) is 17.3. The first kappa shape index (κ1) is 16.4. The highest BCUT2D eigenvalue weighted by atomic mass is 32.1. The molecule has 0 bridgehead atoms. The molecule has 0 atom stereocenters. The molecule has 5 rings (SSSR count). The van der Waals surface area contributed by atoms with Gasteiger partial charge in [-0.15, -0.1) is 11.3 Å². The van der Waals surface area contributed by atoms with Gasteiger partial charge in [0.1, 0.15) is 10.7 Å². The van der Waals surface area contributed by atoms with E-state index in [1.54, 1.807) is 11.3 Å². The van der Waals surface area contributed by atoms with Crippen LogP contribution in [-0.2, 0) is 0 Å². The lowest BCUT2D eigenvalue weighted by molar-refractivity contribution is 0.876. The zero-order valence-electron chi connectivity index (χ0n) is 15.3. The summed E-state index contributed by atoms with van der Waals surface area (Å²) in [7, 11) is 0. The summed E-state index contributed by atoms with van der Waals surface area (Å²) in [5.41, 5.74) is 4.77. The molecule has 2 nitrogen and oxygen atoms in total. The molecule has 1 aliphatic carbocycles. The van der Waals surface area contributed by atoms with Crippen LogP contribution in [0.3, 0.4) is 0 Å². The van der Waals surface area contributed by atoms with Gasteiger partial charge in [-0.3, -0.25) is 0 Å². The van der Waals surface area contributed by atoms with Gasteiger partial charge < -0.3 is 0 Å². The number of rotatable bonds is 2. The zero-order valence-corrected chi connectivity index (χ0v) is 16.1. The van der Waals surface area contributed by atoms with E-state index in [1.807, 2.05) is 6.92 Å². The van der Waals surface area contributed by atoms with Crippen LogP contribution in [-0.4, -0.2) is 9.97 Å². The molecule has 132 valence electrons. The second kappa shape index (κ2) is 6.75. The van der Waals surface area contributed by atoms with Gasteiger partial charge in [0.15, 0.2) is 0 Å². The number of hydrogen-bond donors (Lipinski definition) is 0. The summed E-state index contributed by atoms with van der Waals surface area (Å²) in [6.45, 7) is 1.98. The smallest absolute Gasteiger partial charge is 0.128 e. The van der Waals surface area contributed by atoms with E-state index in [2.05, 4.69) is 66.8 Å². The van der Waals surface area contributed by atoms with Crippen molar-refractivity contribution in [3.05, 3.63) is 78.1 Å². The third kappa shape index (κ3) is 2.98. The van der Waals surface area contributed by atoms with Crippen molar-refractivity contribution in [2.75, 3.05) is 0 Å². The average Bonchev–Trinajstić information content (AvgIpc) is 2.87. The molecule has 1 aliphatic rings. The number of benzene rings is 2. The Labute approximate surface area is 162 Å². The summed E-state index contributed by atoms with van der Waals surface area (Å²) in [4.78, 5) is 10.6. The monoisotopic (exact) mass is 368 g/mol. The Bertz CT molecular complexity index is 1210. The first-order valence-electron chi connectivity index (χ1n) is 9.43. The molecule has 0 unspecified atom stereocenters. The largest absolute Gasteiger partial charge is 0.232 e. The highest BCUT2D eigenvalue weighted by Gasteiger charge is 2.15. The second-order valence-corrected chi connectivity index (χ2v) is 8.00. The maximum atomic E-state index is 4.86. The molecular formula is C24H20N2S. The highest BCUT2D eigenvalue weighted by molar-refractivity contribution is 7.25. The molecule has 2 aromatic carbocycles. The molecule has 0 fully saturated rings. The summed E-state index contributed by atoms with van der Waals surface area (Å²) in [5.74, 6) is 0.822. The van der Waals surface area contributed by atoms with Crippen molar-refractivity contribution in [1.82, 2.24) is 9.97 Å². The van der Waals surface area contributed by atoms with Gasteiger partial charge in [-0.2, -0.15) is 0 Å².